The van der Waals surface area contributed by atoms with Crippen LogP contribution in [0.25, 0.3) is 11.0 Å². The topological polar surface area (TPSA) is 38.1 Å². The number of rotatable bonds is 7. The van der Waals surface area contributed by atoms with E-state index in [2.05, 4.69) is 29.7 Å². The average molecular weight is 396 g/mol. The van der Waals surface area contributed by atoms with Crippen molar-refractivity contribution in [3.63, 3.8) is 0 Å². The van der Waals surface area contributed by atoms with Crippen LogP contribution in [0.15, 0.2) is 48.5 Å². The van der Waals surface area contributed by atoms with E-state index in [0.717, 1.165) is 30.0 Å². The molecule has 1 amide bonds. The van der Waals surface area contributed by atoms with Crippen LogP contribution in [0.3, 0.4) is 0 Å². The van der Waals surface area contributed by atoms with Gasteiger partial charge in [0.1, 0.15) is 5.82 Å². The third-order valence-electron chi connectivity index (χ3n) is 5.55. The largest absolute Gasteiger partial charge is 0.328 e. The van der Waals surface area contributed by atoms with Crippen LogP contribution in [-0.2, 0) is 11.3 Å². The molecular weight excluding hydrogens is 370 g/mol. The zero-order chi connectivity index (χ0) is 19.5. The van der Waals surface area contributed by atoms with Gasteiger partial charge in [0.25, 0.3) is 0 Å². The molecule has 2 aromatic carbocycles. The van der Waals surface area contributed by atoms with E-state index in [0.29, 0.717) is 18.0 Å². The van der Waals surface area contributed by atoms with E-state index in [1.807, 2.05) is 35.2 Å². The van der Waals surface area contributed by atoms with E-state index in [4.69, 9.17) is 16.6 Å². The number of hydrogen-bond donors (Lipinski definition) is 0. The molecular formula is C23H26ClN3O. The first-order valence-electron chi connectivity index (χ1n) is 10.2. The molecule has 1 aromatic heterocycles. The number of amides is 1. The highest BCUT2D eigenvalue weighted by Crippen LogP contribution is 2.33. The Morgan fingerprint density at radius 1 is 1.07 bits per heavy atom. The molecule has 0 radical (unpaired) electrons. The maximum atomic E-state index is 12.7. The molecule has 0 N–H and O–H groups in total. The van der Waals surface area contributed by atoms with Crippen LogP contribution in [0.4, 0.5) is 5.69 Å². The molecule has 0 bridgehead atoms. The Kier molecular flexibility index (Phi) is 5.67. The normalized spacial score (nSPS) is 17.0. The van der Waals surface area contributed by atoms with E-state index in [-0.39, 0.29) is 11.8 Å². The summed E-state index contributed by atoms with van der Waals surface area (Å²) in [6.45, 7) is 3.85. The minimum absolute atomic E-state index is 0.113. The van der Waals surface area contributed by atoms with Crippen molar-refractivity contribution < 1.29 is 4.79 Å². The van der Waals surface area contributed by atoms with Crippen LogP contribution in [0.1, 0.15) is 50.8 Å². The Balaban J connectivity index is 1.61. The summed E-state index contributed by atoms with van der Waals surface area (Å²) in [5.74, 6) is 1.31. The fraction of sp³-hybridized carbons (Fsp3) is 0.391. The van der Waals surface area contributed by atoms with Gasteiger partial charge in [0, 0.05) is 36.1 Å². The number of nitrogens with zero attached hydrogens (tertiary/aromatic N) is 3. The molecule has 1 saturated heterocycles. The predicted octanol–water partition coefficient (Wildman–Crippen LogP) is 5.79. The fourth-order valence-electron chi connectivity index (χ4n) is 4.09. The summed E-state index contributed by atoms with van der Waals surface area (Å²) in [7, 11) is 0. The molecule has 1 fully saturated rings. The zero-order valence-electron chi connectivity index (χ0n) is 16.3. The van der Waals surface area contributed by atoms with Gasteiger partial charge in [-0.2, -0.15) is 0 Å². The van der Waals surface area contributed by atoms with E-state index in [1.54, 1.807) is 0 Å². The Labute approximate surface area is 171 Å². The van der Waals surface area contributed by atoms with Crippen LogP contribution in [0.5, 0.6) is 0 Å². The van der Waals surface area contributed by atoms with Gasteiger partial charge >= 0.3 is 0 Å². The Morgan fingerprint density at radius 2 is 1.86 bits per heavy atom. The zero-order valence-corrected chi connectivity index (χ0v) is 17.0. The monoisotopic (exact) mass is 395 g/mol. The lowest BCUT2D eigenvalue weighted by molar-refractivity contribution is -0.117. The van der Waals surface area contributed by atoms with E-state index in [9.17, 15) is 4.79 Å². The van der Waals surface area contributed by atoms with Crippen molar-refractivity contribution in [1.29, 1.82) is 0 Å². The first-order valence-corrected chi connectivity index (χ1v) is 10.6. The minimum atomic E-state index is 0.113. The summed E-state index contributed by atoms with van der Waals surface area (Å²) >= 11 is 6.00. The van der Waals surface area contributed by atoms with Crippen molar-refractivity contribution in [3.8, 4) is 0 Å². The van der Waals surface area contributed by atoms with Crippen LogP contribution >= 0.6 is 11.6 Å². The number of imidazole rings is 1. The molecule has 5 heteroatoms. The maximum absolute atomic E-state index is 12.7. The van der Waals surface area contributed by atoms with Gasteiger partial charge in [-0.1, -0.05) is 49.9 Å². The summed E-state index contributed by atoms with van der Waals surface area (Å²) in [4.78, 5) is 19.5. The fourth-order valence-corrected chi connectivity index (χ4v) is 4.21. The molecule has 0 saturated carbocycles. The van der Waals surface area contributed by atoms with Crippen molar-refractivity contribution in [1.82, 2.24) is 9.55 Å². The molecule has 4 rings (SSSR count). The van der Waals surface area contributed by atoms with Crippen molar-refractivity contribution in [2.75, 3.05) is 11.4 Å². The molecule has 2 heterocycles. The number of aromatic nitrogens is 2. The highest BCUT2D eigenvalue weighted by Gasteiger charge is 2.34. The molecule has 1 aliphatic rings. The summed E-state index contributed by atoms with van der Waals surface area (Å²) in [5.41, 5.74) is 3.10. The molecule has 1 aliphatic heterocycles. The SMILES string of the molecule is CCCCCCn1c([C@@H]2CC(=O)N(c3ccc(Cl)cc3)C2)nc2ccccc21. The second-order valence-corrected chi connectivity index (χ2v) is 7.99. The van der Waals surface area contributed by atoms with Crippen molar-refractivity contribution in [2.24, 2.45) is 0 Å². The summed E-state index contributed by atoms with van der Waals surface area (Å²) in [6, 6.07) is 15.8. The van der Waals surface area contributed by atoms with Gasteiger partial charge in [-0.3, -0.25) is 4.79 Å². The van der Waals surface area contributed by atoms with E-state index in [1.165, 1.54) is 24.8 Å². The maximum Gasteiger partial charge on any atom is 0.227 e. The van der Waals surface area contributed by atoms with Gasteiger partial charge < -0.3 is 9.47 Å². The van der Waals surface area contributed by atoms with Gasteiger partial charge in [0.05, 0.1) is 11.0 Å². The number of carbonyl (C=O) groups is 1. The number of unbranched alkanes of at least 4 members (excludes halogenated alkanes) is 3. The molecule has 3 aromatic rings. The van der Waals surface area contributed by atoms with Crippen LogP contribution in [0.2, 0.25) is 5.02 Å². The number of aryl methyl sites for hydroxylation is 1. The first kappa shape index (κ1) is 19.0. The van der Waals surface area contributed by atoms with Gasteiger partial charge in [-0.15, -0.1) is 0 Å². The number of fused-ring (bicyclic) bond motifs is 1. The number of hydrogen-bond acceptors (Lipinski definition) is 2. The highest BCUT2D eigenvalue weighted by atomic mass is 35.5. The van der Waals surface area contributed by atoms with Crippen LogP contribution in [-0.4, -0.2) is 22.0 Å². The number of carbonyl (C=O) groups excluding carboxylic acids is 1. The Bertz CT molecular complexity index is 964. The molecule has 146 valence electrons. The Morgan fingerprint density at radius 3 is 2.64 bits per heavy atom. The second kappa shape index (κ2) is 8.36. The van der Waals surface area contributed by atoms with Gasteiger partial charge in [0.15, 0.2) is 0 Å². The van der Waals surface area contributed by atoms with Crippen molar-refractivity contribution >= 4 is 34.2 Å². The number of anilines is 1. The molecule has 1 atom stereocenters. The van der Waals surface area contributed by atoms with E-state index < -0.39 is 0 Å². The molecule has 0 aliphatic carbocycles. The standard InChI is InChI=1S/C23H26ClN3O/c1-2-3-4-7-14-26-21-9-6-5-8-20(21)25-23(26)17-15-22(28)27(16-17)19-12-10-18(24)11-13-19/h5-6,8-13,17H,2-4,7,14-16H2,1H3/t17-/m1/s1. The quantitative estimate of drug-likeness (QED) is 0.475. The summed E-state index contributed by atoms with van der Waals surface area (Å²) in [5, 5.41) is 0.681. The molecule has 4 nitrogen and oxygen atoms in total. The lowest BCUT2D eigenvalue weighted by Gasteiger charge is -2.17. The van der Waals surface area contributed by atoms with Crippen LogP contribution < -0.4 is 4.90 Å². The minimum Gasteiger partial charge on any atom is -0.328 e. The smallest absolute Gasteiger partial charge is 0.227 e. The lowest BCUT2D eigenvalue weighted by Crippen LogP contribution is -2.24. The van der Waals surface area contributed by atoms with Gasteiger partial charge in [0.2, 0.25) is 5.91 Å². The molecule has 28 heavy (non-hydrogen) atoms. The van der Waals surface area contributed by atoms with Crippen LogP contribution in [0, 0.1) is 0 Å². The average Bonchev–Trinajstić information content (AvgIpc) is 3.27. The summed E-state index contributed by atoms with van der Waals surface area (Å²) < 4.78 is 2.34. The molecule has 0 spiro atoms. The first-order chi connectivity index (χ1) is 13.7. The Hall–Kier alpha value is -2.33. The van der Waals surface area contributed by atoms with Gasteiger partial charge in [-0.05, 0) is 42.8 Å². The third-order valence-corrected chi connectivity index (χ3v) is 5.80. The number of para-hydroxylation sites is 2. The van der Waals surface area contributed by atoms with Crippen molar-refractivity contribution in [3.05, 3.63) is 59.4 Å². The number of halogens is 1. The van der Waals surface area contributed by atoms with Crippen molar-refractivity contribution in [2.45, 2.75) is 51.5 Å². The summed E-state index contributed by atoms with van der Waals surface area (Å²) in [6.07, 6.45) is 5.35. The highest BCUT2D eigenvalue weighted by molar-refractivity contribution is 6.30. The lowest BCUT2D eigenvalue weighted by atomic mass is 10.1. The number of benzene rings is 2. The van der Waals surface area contributed by atoms with Gasteiger partial charge in [-0.25, -0.2) is 4.98 Å². The molecule has 0 unspecified atom stereocenters. The third kappa shape index (κ3) is 3.79. The predicted molar refractivity (Wildman–Crippen MR) is 115 cm³/mol. The second-order valence-electron chi connectivity index (χ2n) is 7.55. The van der Waals surface area contributed by atoms with E-state index >= 15 is 0 Å².